The van der Waals surface area contributed by atoms with Crippen LogP contribution in [0.2, 0.25) is 0 Å². The summed E-state index contributed by atoms with van der Waals surface area (Å²) >= 11 is 0. The van der Waals surface area contributed by atoms with Crippen LogP contribution in [0, 0.1) is 0 Å². The van der Waals surface area contributed by atoms with Crippen molar-refractivity contribution in [1.82, 2.24) is 15.5 Å². The van der Waals surface area contributed by atoms with Crippen LogP contribution < -0.4 is 10.6 Å². The van der Waals surface area contributed by atoms with Gasteiger partial charge in [0, 0.05) is 25.2 Å². The number of rotatable bonds is 9. The molecule has 0 aromatic rings. The molecule has 0 aromatic carbocycles. The van der Waals surface area contributed by atoms with E-state index in [1.165, 1.54) is 11.6 Å². The summed E-state index contributed by atoms with van der Waals surface area (Å²) in [5, 5.41) is 17.1. The van der Waals surface area contributed by atoms with Crippen LogP contribution in [0.1, 0.15) is 32.6 Å². The fourth-order valence-corrected chi connectivity index (χ4v) is 3.40. The van der Waals surface area contributed by atoms with Crippen molar-refractivity contribution in [3.05, 3.63) is 60.4 Å². The van der Waals surface area contributed by atoms with Crippen molar-refractivity contribution < 1.29 is 9.90 Å². The van der Waals surface area contributed by atoms with Crippen molar-refractivity contribution in [3.63, 3.8) is 0 Å². The number of allylic oxidation sites excluding steroid dienone is 3. The Balaban J connectivity index is 1.84. The zero-order valence-electron chi connectivity index (χ0n) is 16.4. The van der Waals surface area contributed by atoms with E-state index in [0.29, 0.717) is 19.1 Å². The number of piperidine rings is 1. The van der Waals surface area contributed by atoms with Crippen molar-refractivity contribution in [2.75, 3.05) is 26.2 Å². The summed E-state index contributed by atoms with van der Waals surface area (Å²) in [4.78, 5) is 14.3. The SMILES string of the molecule is C=CC(CC1=CCN(C(=O)C(=C)/C(O)=C\C=C\CC)C1)NC1CCNCC1. The third-order valence-corrected chi connectivity index (χ3v) is 5.03. The number of carbonyl (C=O) groups excluding carboxylic acids is 1. The second-order valence-corrected chi connectivity index (χ2v) is 7.15. The van der Waals surface area contributed by atoms with Gasteiger partial charge in [0.15, 0.2) is 0 Å². The standard InChI is InChI=1S/C22H33N3O2/c1-4-6-7-8-21(26)17(3)22(27)25-14-11-18(16-25)15-19(5-2)24-20-9-12-23-13-10-20/h5-8,11,19-20,23-24,26H,2-4,9-10,12-16H2,1H3/b7-6+,21-8+. The van der Waals surface area contributed by atoms with Crippen molar-refractivity contribution in [2.24, 2.45) is 0 Å². The molecule has 1 atom stereocenters. The number of aliphatic hydroxyl groups is 1. The lowest BCUT2D eigenvalue weighted by atomic mass is 10.0. The molecule has 2 heterocycles. The van der Waals surface area contributed by atoms with E-state index >= 15 is 0 Å². The van der Waals surface area contributed by atoms with Crippen LogP contribution in [0.15, 0.2) is 60.4 Å². The highest BCUT2D eigenvalue weighted by Gasteiger charge is 2.25. The molecule has 0 aromatic heterocycles. The van der Waals surface area contributed by atoms with Gasteiger partial charge in [-0.3, -0.25) is 4.79 Å². The van der Waals surface area contributed by atoms with Gasteiger partial charge in [-0.25, -0.2) is 0 Å². The Bertz CT molecular complexity index is 627. The van der Waals surface area contributed by atoms with E-state index in [9.17, 15) is 9.90 Å². The molecule has 5 heteroatoms. The maximum atomic E-state index is 12.6. The van der Waals surface area contributed by atoms with Gasteiger partial charge >= 0.3 is 0 Å². The van der Waals surface area contributed by atoms with E-state index in [0.717, 1.165) is 38.8 Å². The van der Waals surface area contributed by atoms with Crippen LogP contribution in [0.25, 0.3) is 0 Å². The Morgan fingerprint density at radius 2 is 2.22 bits per heavy atom. The molecule has 1 fully saturated rings. The van der Waals surface area contributed by atoms with Crippen LogP contribution in [-0.2, 0) is 4.79 Å². The molecule has 0 radical (unpaired) electrons. The highest BCUT2D eigenvalue weighted by Crippen LogP contribution is 2.19. The van der Waals surface area contributed by atoms with Crippen LogP contribution in [0.3, 0.4) is 0 Å². The van der Waals surface area contributed by atoms with Gasteiger partial charge in [0.1, 0.15) is 5.76 Å². The van der Waals surface area contributed by atoms with Crippen LogP contribution in [0.5, 0.6) is 0 Å². The van der Waals surface area contributed by atoms with E-state index in [2.05, 4.69) is 29.9 Å². The fraction of sp³-hybridized carbons (Fsp3) is 0.500. The van der Waals surface area contributed by atoms with E-state index < -0.39 is 0 Å². The molecule has 2 rings (SSSR count). The molecule has 0 spiro atoms. The quantitative estimate of drug-likeness (QED) is 0.252. The van der Waals surface area contributed by atoms with Crippen molar-refractivity contribution in [1.29, 1.82) is 0 Å². The molecule has 5 nitrogen and oxygen atoms in total. The third-order valence-electron chi connectivity index (χ3n) is 5.03. The van der Waals surface area contributed by atoms with Crippen LogP contribution in [-0.4, -0.2) is 54.2 Å². The first-order valence-corrected chi connectivity index (χ1v) is 9.86. The summed E-state index contributed by atoms with van der Waals surface area (Å²) in [5.74, 6) is -0.295. The highest BCUT2D eigenvalue weighted by molar-refractivity contribution is 5.97. The van der Waals surface area contributed by atoms with Gasteiger partial charge in [0.05, 0.1) is 5.57 Å². The molecule has 1 unspecified atom stereocenters. The van der Waals surface area contributed by atoms with Gasteiger partial charge in [0.2, 0.25) is 0 Å². The Morgan fingerprint density at radius 1 is 1.48 bits per heavy atom. The lowest BCUT2D eigenvalue weighted by Crippen LogP contribution is -2.44. The summed E-state index contributed by atoms with van der Waals surface area (Å²) in [7, 11) is 0. The predicted molar refractivity (Wildman–Crippen MR) is 112 cm³/mol. The Morgan fingerprint density at radius 3 is 2.89 bits per heavy atom. The zero-order chi connectivity index (χ0) is 19.6. The topological polar surface area (TPSA) is 64.6 Å². The maximum absolute atomic E-state index is 12.6. The minimum absolute atomic E-state index is 0.0744. The molecule has 27 heavy (non-hydrogen) atoms. The average Bonchev–Trinajstić information content (AvgIpc) is 3.15. The van der Waals surface area contributed by atoms with Crippen LogP contribution >= 0.6 is 0 Å². The third kappa shape index (κ3) is 6.52. The average molecular weight is 372 g/mol. The Labute approximate surface area is 163 Å². The second kappa shape index (κ2) is 10.9. The first-order valence-electron chi connectivity index (χ1n) is 9.86. The lowest BCUT2D eigenvalue weighted by molar-refractivity contribution is -0.125. The molecule has 1 saturated heterocycles. The number of nitrogens with zero attached hydrogens (tertiary/aromatic N) is 1. The van der Waals surface area contributed by atoms with Gasteiger partial charge < -0.3 is 20.6 Å². The first-order chi connectivity index (χ1) is 13.0. The molecular formula is C22H33N3O2. The van der Waals surface area contributed by atoms with E-state index in [1.54, 1.807) is 11.0 Å². The van der Waals surface area contributed by atoms with Gasteiger partial charge in [0.25, 0.3) is 5.91 Å². The first kappa shape index (κ1) is 21.2. The van der Waals surface area contributed by atoms with Gasteiger partial charge in [-0.1, -0.05) is 43.4 Å². The monoisotopic (exact) mass is 371 g/mol. The van der Waals surface area contributed by atoms with E-state index in [1.807, 2.05) is 19.1 Å². The largest absolute Gasteiger partial charge is 0.507 e. The minimum Gasteiger partial charge on any atom is -0.507 e. The molecule has 2 aliphatic heterocycles. The summed E-state index contributed by atoms with van der Waals surface area (Å²) in [5.41, 5.74) is 1.36. The summed E-state index contributed by atoms with van der Waals surface area (Å²) in [6.07, 6.45) is 13.2. The molecule has 2 aliphatic rings. The van der Waals surface area contributed by atoms with Crippen molar-refractivity contribution >= 4 is 5.91 Å². The van der Waals surface area contributed by atoms with E-state index in [4.69, 9.17) is 0 Å². The number of amides is 1. The van der Waals surface area contributed by atoms with E-state index in [-0.39, 0.29) is 23.3 Å². The Hall–Kier alpha value is -2.11. The molecular weight excluding hydrogens is 338 g/mol. The smallest absolute Gasteiger partial charge is 0.257 e. The van der Waals surface area contributed by atoms with Crippen molar-refractivity contribution in [3.8, 4) is 0 Å². The molecule has 0 saturated carbocycles. The molecule has 148 valence electrons. The summed E-state index contributed by atoms with van der Waals surface area (Å²) in [6.45, 7) is 13.0. The number of aliphatic hydroxyl groups excluding tert-OH is 1. The predicted octanol–water partition coefficient (Wildman–Crippen LogP) is 3.01. The fourth-order valence-electron chi connectivity index (χ4n) is 3.40. The number of nitrogens with one attached hydrogen (secondary N) is 2. The number of hydrogen-bond donors (Lipinski definition) is 3. The number of carbonyl (C=O) groups is 1. The maximum Gasteiger partial charge on any atom is 0.257 e. The van der Waals surface area contributed by atoms with Crippen molar-refractivity contribution in [2.45, 2.75) is 44.7 Å². The number of hydrogen-bond acceptors (Lipinski definition) is 4. The molecule has 1 amide bonds. The van der Waals surface area contributed by atoms with Gasteiger partial charge in [-0.05, 0) is 44.8 Å². The Kier molecular flexibility index (Phi) is 8.55. The zero-order valence-corrected chi connectivity index (χ0v) is 16.4. The minimum atomic E-state index is -0.221. The second-order valence-electron chi connectivity index (χ2n) is 7.15. The van der Waals surface area contributed by atoms with Crippen LogP contribution in [0.4, 0.5) is 0 Å². The molecule has 0 aliphatic carbocycles. The lowest BCUT2D eigenvalue weighted by Gasteiger charge is -2.28. The van der Waals surface area contributed by atoms with Gasteiger partial charge in [-0.15, -0.1) is 6.58 Å². The summed E-state index contributed by atoms with van der Waals surface area (Å²) in [6, 6.07) is 0.733. The molecule has 0 bridgehead atoms. The highest BCUT2D eigenvalue weighted by atomic mass is 16.3. The normalized spacial score (nSPS) is 20.0. The van der Waals surface area contributed by atoms with Gasteiger partial charge in [-0.2, -0.15) is 0 Å². The summed E-state index contributed by atoms with van der Waals surface area (Å²) < 4.78 is 0. The molecule has 3 N–H and O–H groups in total.